The highest BCUT2D eigenvalue weighted by molar-refractivity contribution is 8.00. The van der Waals surface area contributed by atoms with Gasteiger partial charge in [-0.3, -0.25) is 4.79 Å². The van der Waals surface area contributed by atoms with Crippen LogP contribution in [-0.4, -0.2) is 46.8 Å². The molecule has 0 spiro atoms. The minimum Gasteiger partial charge on any atom is -0.462 e. The summed E-state index contributed by atoms with van der Waals surface area (Å²) in [6.07, 6.45) is 1.47. The van der Waals surface area contributed by atoms with E-state index in [4.69, 9.17) is 9.47 Å². The highest BCUT2D eigenvalue weighted by Gasteiger charge is 2.16. The molecule has 3 rings (SSSR count). The normalized spacial score (nSPS) is 10.6. The number of hydrogen-bond donors (Lipinski definition) is 1. The Morgan fingerprint density at radius 3 is 2.33 bits per heavy atom. The number of esters is 2. The Balaban J connectivity index is 1.75. The van der Waals surface area contributed by atoms with Crippen LogP contribution in [0.4, 0.5) is 5.69 Å². The van der Waals surface area contributed by atoms with Gasteiger partial charge in [0.1, 0.15) is 16.2 Å². The molecule has 0 fully saturated rings. The molecule has 1 aromatic carbocycles. The predicted octanol–water partition coefficient (Wildman–Crippen LogP) is 3.78. The number of nitrogens with one attached hydrogen (secondary N) is 1. The zero-order chi connectivity index (χ0) is 21.5. The molecule has 0 saturated heterocycles. The quantitative estimate of drug-likeness (QED) is 0.317. The number of carbonyl (C=O) groups excluding carboxylic acids is 3. The molecule has 8 nitrogen and oxygen atoms in total. The maximum atomic E-state index is 12.5. The Labute approximate surface area is 181 Å². The standard InChI is InChI=1S/C20H19N3O5S2/c1-3-27-19(25)12-7-13(20(26)28-4-2)9-14(8-12)23-16(24)10-30-18-15-5-6-29-17(15)21-11-22-18/h5-9,11H,3-4,10H2,1-2H3,(H,23,24). The number of benzene rings is 1. The number of aromatic nitrogens is 2. The van der Waals surface area contributed by atoms with Crippen LogP contribution in [0.3, 0.4) is 0 Å². The third-order valence-corrected chi connectivity index (χ3v) is 5.63. The molecule has 10 heteroatoms. The summed E-state index contributed by atoms with van der Waals surface area (Å²) >= 11 is 2.78. The fourth-order valence-electron chi connectivity index (χ4n) is 2.58. The molecule has 0 radical (unpaired) electrons. The van der Waals surface area contributed by atoms with Crippen molar-refractivity contribution in [1.29, 1.82) is 0 Å². The summed E-state index contributed by atoms with van der Waals surface area (Å²) in [6.45, 7) is 3.75. The lowest BCUT2D eigenvalue weighted by Gasteiger charge is -2.10. The van der Waals surface area contributed by atoms with E-state index in [-0.39, 0.29) is 36.0 Å². The summed E-state index contributed by atoms with van der Waals surface area (Å²) in [5, 5.41) is 6.24. The summed E-state index contributed by atoms with van der Waals surface area (Å²) in [6, 6.07) is 6.22. The van der Waals surface area contributed by atoms with Crippen molar-refractivity contribution in [2.75, 3.05) is 24.3 Å². The maximum absolute atomic E-state index is 12.5. The van der Waals surface area contributed by atoms with Gasteiger partial charge in [0.2, 0.25) is 5.91 Å². The molecule has 0 saturated carbocycles. The van der Waals surface area contributed by atoms with Crippen LogP contribution in [0, 0.1) is 0 Å². The molecule has 0 aliphatic rings. The minimum atomic E-state index is -0.589. The van der Waals surface area contributed by atoms with Crippen LogP contribution < -0.4 is 5.32 Å². The van der Waals surface area contributed by atoms with Crippen molar-refractivity contribution < 1.29 is 23.9 Å². The lowest BCUT2D eigenvalue weighted by atomic mass is 10.1. The monoisotopic (exact) mass is 445 g/mol. The summed E-state index contributed by atoms with van der Waals surface area (Å²) in [7, 11) is 0. The van der Waals surface area contributed by atoms with Crippen molar-refractivity contribution in [3.05, 3.63) is 47.1 Å². The second kappa shape index (κ2) is 10.2. The Bertz CT molecular complexity index is 1050. The first-order chi connectivity index (χ1) is 14.5. The number of carbonyl (C=O) groups is 3. The van der Waals surface area contributed by atoms with Crippen LogP contribution in [0.2, 0.25) is 0 Å². The van der Waals surface area contributed by atoms with Crippen LogP contribution in [0.15, 0.2) is 41.0 Å². The van der Waals surface area contributed by atoms with Crippen LogP contribution in [-0.2, 0) is 14.3 Å². The number of ether oxygens (including phenoxy) is 2. The second-order valence-corrected chi connectivity index (χ2v) is 7.75. The van der Waals surface area contributed by atoms with Crippen molar-refractivity contribution >= 4 is 56.8 Å². The molecule has 3 aromatic rings. The van der Waals surface area contributed by atoms with E-state index in [1.807, 2.05) is 11.4 Å². The molecular weight excluding hydrogens is 426 g/mol. The van der Waals surface area contributed by atoms with Crippen molar-refractivity contribution in [2.45, 2.75) is 18.9 Å². The highest BCUT2D eigenvalue weighted by Crippen LogP contribution is 2.27. The zero-order valence-corrected chi connectivity index (χ0v) is 18.0. The average molecular weight is 446 g/mol. The molecule has 2 aromatic heterocycles. The van der Waals surface area contributed by atoms with Crippen LogP contribution in [0.1, 0.15) is 34.6 Å². The fourth-order valence-corrected chi connectivity index (χ4v) is 4.16. The largest absolute Gasteiger partial charge is 0.462 e. The molecular formula is C20H19N3O5S2. The Morgan fingerprint density at radius 2 is 1.70 bits per heavy atom. The first-order valence-corrected chi connectivity index (χ1v) is 11.0. The van der Waals surface area contributed by atoms with Gasteiger partial charge >= 0.3 is 11.9 Å². The highest BCUT2D eigenvalue weighted by atomic mass is 32.2. The number of nitrogens with zero attached hydrogens (tertiary/aromatic N) is 2. The van der Waals surface area contributed by atoms with E-state index in [0.29, 0.717) is 10.7 Å². The molecule has 1 amide bonds. The van der Waals surface area contributed by atoms with Crippen LogP contribution in [0.25, 0.3) is 10.2 Å². The van der Waals surface area contributed by atoms with Crippen molar-refractivity contribution in [2.24, 2.45) is 0 Å². The van der Waals surface area contributed by atoms with Crippen molar-refractivity contribution in [3.63, 3.8) is 0 Å². The Hall–Kier alpha value is -2.98. The minimum absolute atomic E-state index is 0.0976. The van der Waals surface area contributed by atoms with Crippen molar-refractivity contribution in [3.8, 4) is 0 Å². The van der Waals surface area contributed by atoms with Gasteiger partial charge in [-0.05, 0) is 43.5 Å². The van der Waals surface area contributed by atoms with E-state index in [2.05, 4.69) is 15.3 Å². The maximum Gasteiger partial charge on any atom is 0.338 e. The number of fused-ring (bicyclic) bond motifs is 1. The molecule has 1 N–H and O–H groups in total. The third-order valence-electron chi connectivity index (χ3n) is 3.80. The topological polar surface area (TPSA) is 107 Å². The van der Waals surface area contributed by atoms with Gasteiger partial charge in [0.05, 0.1) is 30.1 Å². The number of anilines is 1. The molecule has 0 atom stereocenters. The third kappa shape index (κ3) is 5.33. The first kappa shape index (κ1) is 21.7. The molecule has 0 aliphatic heterocycles. The number of thiophene rings is 1. The molecule has 2 heterocycles. The molecule has 30 heavy (non-hydrogen) atoms. The second-order valence-electron chi connectivity index (χ2n) is 5.90. The molecule has 0 bridgehead atoms. The number of rotatable bonds is 8. The van der Waals surface area contributed by atoms with Crippen LogP contribution in [0.5, 0.6) is 0 Å². The van der Waals surface area contributed by atoms with E-state index in [1.165, 1.54) is 47.6 Å². The number of thioether (sulfide) groups is 1. The van der Waals surface area contributed by atoms with E-state index >= 15 is 0 Å². The van der Waals surface area contributed by atoms with E-state index in [9.17, 15) is 14.4 Å². The van der Waals surface area contributed by atoms with Gasteiger partial charge in [0, 0.05) is 11.1 Å². The predicted molar refractivity (Wildman–Crippen MR) is 115 cm³/mol. The SMILES string of the molecule is CCOC(=O)c1cc(NC(=O)CSc2ncnc3sccc23)cc(C(=O)OCC)c1. The molecule has 156 valence electrons. The average Bonchev–Trinajstić information content (AvgIpc) is 3.22. The lowest BCUT2D eigenvalue weighted by Crippen LogP contribution is -2.16. The van der Waals surface area contributed by atoms with Gasteiger partial charge in [-0.15, -0.1) is 11.3 Å². The van der Waals surface area contributed by atoms with Crippen molar-refractivity contribution in [1.82, 2.24) is 9.97 Å². The fraction of sp³-hybridized carbons (Fsp3) is 0.250. The van der Waals surface area contributed by atoms with Crippen LogP contribution >= 0.6 is 23.1 Å². The molecule has 0 unspecified atom stereocenters. The summed E-state index contributed by atoms with van der Waals surface area (Å²) in [5.74, 6) is -1.39. The summed E-state index contributed by atoms with van der Waals surface area (Å²) in [4.78, 5) is 46.0. The van der Waals surface area contributed by atoms with Gasteiger partial charge in [0.15, 0.2) is 0 Å². The van der Waals surface area contributed by atoms with Gasteiger partial charge in [0.25, 0.3) is 0 Å². The van der Waals surface area contributed by atoms with E-state index in [0.717, 1.165) is 10.2 Å². The number of hydrogen-bond acceptors (Lipinski definition) is 9. The first-order valence-electron chi connectivity index (χ1n) is 9.12. The lowest BCUT2D eigenvalue weighted by molar-refractivity contribution is -0.113. The Morgan fingerprint density at radius 1 is 1.03 bits per heavy atom. The van der Waals surface area contributed by atoms with E-state index < -0.39 is 11.9 Å². The summed E-state index contributed by atoms with van der Waals surface area (Å²) < 4.78 is 10.0. The summed E-state index contributed by atoms with van der Waals surface area (Å²) in [5.41, 5.74) is 0.611. The van der Waals surface area contributed by atoms with Gasteiger partial charge in [-0.1, -0.05) is 11.8 Å². The van der Waals surface area contributed by atoms with Gasteiger partial charge < -0.3 is 14.8 Å². The van der Waals surface area contributed by atoms with Gasteiger partial charge in [-0.25, -0.2) is 19.6 Å². The van der Waals surface area contributed by atoms with Gasteiger partial charge in [-0.2, -0.15) is 0 Å². The Kier molecular flexibility index (Phi) is 7.36. The van der Waals surface area contributed by atoms with E-state index in [1.54, 1.807) is 13.8 Å². The zero-order valence-electron chi connectivity index (χ0n) is 16.3. The number of amides is 1. The smallest absolute Gasteiger partial charge is 0.338 e. The molecule has 0 aliphatic carbocycles.